The lowest BCUT2D eigenvalue weighted by molar-refractivity contribution is 0.456. The summed E-state index contributed by atoms with van der Waals surface area (Å²) in [5.74, 6) is 0.751. The van der Waals surface area contributed by atoms with Gasteiger partial charge in [-0.25, -0.2) is 4.98 Å². The Balaban J connectivity index is 1.92. The first-order valence-electron chi connectivity index (χ1n) is 6.05. The van der Waals surface area contributed by atoms with Crippen molar-refractivity contribution in [2.75, 3.05) is 6.54 Å². The van der Waals surface area contributed by atoms with Crippen LogP contribution in [0.15, 0.2) is 4.99 Å². The smallest absolute Gasteiger partial charge is 0.169 e. The number of hydrogen-bond acceptors (Lipinski definition) is 2. The zero-order chi connectivity index (χ0) is 9.80. The van der Waals surface area contributed by atoms with Gasteiger partial charge in [-0.2, -0.15) is 0 Å². The van der Waals surface area contributed by atoms with E-state index >= 15 is 0 Å². The van der Waals surface area contributed by atoms with Crippen molar-refractivity contribution in [1.82, 2.24) is 4.98 Å². The van der Waals surface area contributed by atoms with E-state index in [1.54, 1.807) is 0 Å². The van der Waals surface area contributed by atoms with E-state index in [9.17, 15) is 0 Å². The van der Waals surface area contributed by atoms with Crippen LogP contribution < -0.4 is 5.49 Å². The SMILES string of the molecule is CCN=c1nc1C1CCCCCCC1. The second kappa shape index (κ2) is 4.72. The van der Waals surface area contributed by atoms with Crippen LogP contribution in [0.1, 0.15) is 63.5 Å². The first-order valence-corrected chi connectivity index (χ1v) is 6.05. The standard InChI is InChI=1S/C12H20N2/c1-2-13-12-11(14-12)10-8-6-4-3-5-7-9-10/h10H,2-9H2,1H3. The van der Waals surface area contributed by atoms with Crippen molar-refractivity contribution in [1.29, 1.82) is 0 Å². The topological polar surface area (TPSA) is 25.2 Å². The minimum atomic E-state index is 0.751. The van der Waals surface area contributed by atoms with Crippen molar-refractivity contribution < 1.29 is 0 Å². The van der Waals surface area contributed by atoms with Gasteiger partial charge >= 0.3 is 0 Å². The molecule has 0 amide bonds. The molecular weight excluding hydrogens is 172 g/mol. The van der Waals surface area contributed by atoms with Crippen LogP contribution in [0.3, 0.4) is 0 Å². The maximum atomic E-state index is 4.41. The van der Waals surface area contributed by atoms with Crippen molar-refractivity contribution in [3.8, 4) is 0 Å². The summed E-state index contributed by atoms with van der Waals surface area (Å²) in [6.45, 7) is 2.96. The lowest BCUT2D eigenvalue weighted by Crippen LogP contribution is -2.02. The van der Waals surface area contributed by atoms with Crippen LogP contribution in [0.2, 0.25) is 0 Å². The lowest BCUT2D eigenvalue weighted by atomic mass is 9.90. The molecule has 2 heteroatoms. The Morgan fingerprint density at radius 2 is 1.79 bits per heavy atom. The number of hydrogen-bond donors (Lipinski definition) is 0. The average Bonchev–Trinajstić information content (AvgIpc) is 2.84. The monoisotopic (exact) mass is 192 g/mol. The van der Waals surface area contributed by atoms with E-state index in [-0.39, 0.29) is 0 Å². The molecule has 0 spiro atoms. The highest BCUT2D eigenvalue weighted by Gasteiger charge is 2.21. The Labute approximate surface area is 86.2 Å². The third kappa shape index (κ3) is 2.43. The van der Waals surface area contributed by atoms with Gasteiger partial charge in [-0.15, -0.1) is 0 Å². The molecule has 0 aromatic carbocycles. The lowest BCUT2D eigenvalue weighted by Gasteiger charge is -2.14. The highest BCUT2D eigenvalue weighted by molar-refractivity contribution is 5.11. The minimum Gasteiger partial charge on any atom is -0.265 e. The molecule has 0 bridgehead atoms. The van der Waals surface area contributed by atoms with Gasteiger partial charge in [0, 0.05) is 12.5 Å². The van der Waals surface area contributed by atoms with Gasteiger partial charge in [0.15, 0.2) is 5.49 Å². The highest BCUT2D eigenvalue weighted by Crippen LogP contribution is 2.29. The van der Waals surface area contributed by atoms with E-state index in [1.807, 2.05) is 0 Å². The van der Waals surface area contributed by atoms with Gasteiger partial charge in [-0.3, -0.25) is 4.99 Å². The number of rotatable bonds is 2. The van der Waals surface area contributed by atoms with Crippen LogP contribution in [0, 0.1) is 0 Å². The van der Waals surface area contributed by atoms with Gasteiger partial charge in [0.1, 0.15) is 0 Å². The summed E-state index contributed by atoms with van der Waals surface area (Å²) in [7, 11) is 0. The van der Waals surface area contributed by atoms with Gasteiger partial charge in [-0.1, -0.05) is 32.1 Å². The van der Waals surface area contributed by atoms with Crippen LogP contribution in [-0.4, -0.2) is 11.5 Å². The highest BCUT2D eigenvalue weighted by atomic mass is 14.9. The maximum absolute atomic E-state index is 4.41. The normalized spacial score (nSPS) is 22.5. The van der Waals surface area contributed by atoms with Crippen LogP contribution in [0.25, 0.3) is 0 Å². The summed E-state index contributed by atoms with van der Waals surface area (Å²) in [6, 6.07) is 0. The van der Waals surface area contributed by atoms with Gasteiger partial charge in [-0.05, 0) is 19.8 Å². The van der Waals surface area contributed by atoms with Crippen molar-refractivity contribution in [2.45, 2.75) is 57.8 Å². The molecule has 1 aromatic heterocycles. The molecule has 1 heterocycles. The second-order valence-electron chi connectivity index (χ2n) is 4.34. The fraction of sp³-hybridized carbons (Fsp3) is 0.833. The van der Waals surface area contributed by atoms with Gasteiger partial charge in [0.25, 0.3) is 0 Å². The molecule has 1 aromatic rings. The van der Waals surface area contributed by atoms with E-state index in [4.69, 9.17) is 0 Å². The van der Waals surface area contributed by atoms with Gasteiger partial charge in [0.05, 0.1) is 5.69 Å². The summed E-state index contributed by atoms with van der Waals surface area (Å²) in [6.07, 6.45) is 9.76. The molecule has 2 rings (SSSR count). The second-order valence-corrected chi connectivity index (χ2v) is 4.34. The molecule has 1 aliphatic carbocycles. The van der Waals surface area contributed by atoms with Crippen LogP contribution in [0.4, 0.5) is 0 Å². The number of nitrogens with zero attached hydrogens (tertiary/aromatic N) is 2. The molecule has 1 aliphatic rings. The first-order chi connectivity index (χ1) is 6.92. The van der Waals surface area contributed by atoms with E-state index in [0.29, 0.717) is 0 Å². The molecular formula is C12H20N2. The van der Waals surface area contributed by atoms with Crippen molar-refractivity contribution in [3.63, 3.8) is 0 Å². The van der Waals surface area contributed by atoms with Gasteiger partial charge < -0.3 is 0 Å². The molecule has 0 unspecified atom stereocenters. The molecule has 78 valence electrons. The fourth-order valence-electron chi connectivity index (χ4n) is 2.36. The predicted octanol–water partition coefficient (Wildman–Crippen LogP) is 2.71. The van der Waals surface area contributed by atoms with E-state index < -0.39 is 0 Å². The Morgan fingerprint density at radius 1 is 1.14 bits per heavy atom. The Hall–Kier alpha value is -0.660. The minimum absolute atomic E-state index is 0.751. The third-order valence-corrected chi connectivity index (χ3v) is 3.21. The summed E-state index contributed by atoms with van der Waals surface area (Å²) < 4.78 is 0. The molecule has 14 heavy (non-hydrogen) atoms. The quantitative estimate of drug-likeness (QED) is 0.707. The molecule has 2 nitrogen and oxygen atoms in total. The maximum Gasteiger partial charge on any atom is 0.169 e. The average molecular weight is 192 g/mol. The summed E-state index contributed by atoms with van der Waals surface area (Å²) in [5, 5.41) is 0. The Kier molecular flexibility index (Phi) is 3.33. The Morgan fingerprint density at radius 3 is 2.43 bits per heavy atom. The van der Waals surface area contributed by atoms with E-state index in [1.165, 1.54) is 50.6 Å². The molecule has 0 N–H and O–H groups in total. The molecule has 0 radical (unpaired) electrons. The van der Waals surface area contributed by atoms with Crippen LogP contribution in [-0.2, 0) is 0 Å². The predicted molar refractivity (Wildman–Crippen MR) is 57.8 cm³/mol. The fourth-order valence-corrected chi connectivity index (χ4v) is 2.36. The van der Waals surface area contributed by atoms with Crippen molar-refractivity contribution in [3.05, 3.63) is 11.2 Å². The van der Waals surface area contributed by atoms with Crippen LogP contribution >= 0.6 is 0 Å². The molecule has 0 saturated heterocycles. The molecule has 0 aliphatic heterocycles. The Bertz CT molecular complexity index is 286. The molecule has 1 saturated carbocycles. The molecule has 1 fully saturated rings. The summed E-state index contributed by atoms with van der Waals surface area (Å²) >= 11 is 0. The molecule has 0 atom stereocenters. The zero-order valence-electron chi connectivity index (χ0n) is 9.13. The number of aromatic nitrogens is 1. The summed E-state index contributed by atoms with van der Waals surface area (Å²) in [4.78, 5) is 8.77. The first kappa shape index (κ1) is 9.88. The van der Waals surface area contributed by atoms with Crippen LogP contribution in [0.5, 0.6) is 0 Å². The van der Waals surface area contributed by atoms with Crippen molar-refractivity contribution in [2.24, 2.45) is 4.99 Å². The third-order valence-electron chi connectivity index (χ3n) is 3.21. The van der Waals surface area contributed by atoms with Crippen molar-refractivity contribution >= 4 is 0 Å². The zero-order valence-corrected chi connectivity index (χ0v) is 9.13. The largest absolute Gasteiger partial charge is 0.265 e. The van der Waals surface area contributed by atoms with E-state index in [2.05, 4.69) is 16.9 Å². The van der Waals surface area contributed by atoms with Gasteiger partial charge in [0.2, 0.25) is 0 Å². The summed E-state index contributed by atoms with van der Waals surface area (Å²) in [5.41, 5.74) is 2.42. The van der Waals surface area contributed by atoms with E-state index in [0.717, 1.165) is 18.0 Å².